The van der Waals surface area contributed by atoms with E-state index in [0.717, 1.165) is 11.6 Å². The Labute approximate surface area is 187 Å². The third-order valence-electron chi connectivity index (χ3n) is 5.96. The van der Waals surface area contributed by atoms with Crippen LogP contribution in [0.1, 0.15) is 17.5 Å². The average Bonchev–Trinajstić information content (AvgIpc) is 3.21. The van der Waals surface area contributed by atoms with Gasteiger partial charge in [-0.25, -0.2) is 0 Å². The van der Waals surface area contributed by atoms with E-state index in [1.54, 1.807) is 18.3 Å². The Morgan fingerprint density at radius 1 is 0.970 bits per heavy atom. The number of β-amino-alcohol motifs (C(OH)–C–C–N with tert-alkyl or cyclic N) is 1. The largest absolute Gasteiger partial charge is 0.507 e. The molecule has 3 heterocycles. The molecule has 0 saturated carbocycles. The highest BCUT2D eigenvalue weighted by atomic mass is 19.4. The third kappa shape index (κ3) is 3.74. The average molecular weight is 452 g/mol. The van der Waals surface area contributed by atoms with E-state index in [-0.39, 0.29) is 11.3 Å². The molecule has 1 aliphatic rings. The van der Waals surface area contributed by atoms with Gasteiger partial charge in [-0.3, -0.25) is 4.98 Å². The molecule has 4 aromatic rings. The maximum Gasteiger partial charge on any atom is 0.416 e. The number of fused-ring (bicyclic) bond motifs is 1. The molecule has 0 amide bonds. The van der Waals surface area contributed by atoms with Gasteiger partial charge in [0.2, 0.25) is 0 Å². The summed E-state index contributed by atoms with van der Waals surface area (Å²) in [5.74, 6) is -0.0794. The highest BCUT2D eigenvalue weighted by Gasteiger charge is 2.39. The lowest BCUT2D eigenvalue weighted by Crippen LogP contribution is -2.31. The number of hydrogen-bond acceptors (Lipinski definition) is 6. The number of nitrogens with zero attached hydrogens (tertiary/aromatic N) is 4. The molecule has 2 N–H and O–H groups in total. The van der Waals surface area contributed by atoms with Crippen molar-refractivity contribution in [3.05, 3.63) is 78.0 Å². The van der Waals surface area contributed by atoms with Crippen LogP contribution in [0.5, 0.6) is 5.75 Å². The third-order valence-corrected chi connectivity index (χ3v) is 5.96. The van der Waals surface area contributed by atoms with Crippen LogP contribution in [0, 0.1) is 0 Å². The molecule has 1 saturated heterocycles. The summed E-state index contributed by atoms with van der Waals surface area (Å²) in [5.41, 5.74) is -0.349. The molecule has 9 heteroatoms. The first-order valence-electron chi connectivity index (χ1n) is 10.3. The number of phenolic OH excluding ortho intramolecular Hbond substituents is 1. The Morgan fingerprint density at radius 3 is 2.48 bits per heavy atom. The van der Waals surface area contributed by atoms with Crippen LogP contribution in [0.25, 0.3) is 22.2 Å². The Bertz CT molecular complexity index is 1330. The topological polar surface area (TPSA) is 82.4 Å². The standard InChI is InChI=1S/C24H19F3N4O2/c25-24(26,27)16-8-9-17(19(32)13-16)20-18-7-4-11-28-21(18)22(30-29-20)31-12-10-23(33,14-31)15-5-2-1-3-6-15/h1-9,11,13,32-33H,10,12,14H2. The highest BCUT2D eigenvalue weighted by molar-refractivity contribution is 5.98. The molecule has 1 aliphatic heterocycles. The molecule has 1 atom stereocenters. The minimum Gasteiger partial charge on any atom is -0.507 e. The van der Waals surface area contributed by atoms with Gasteiger partial charge in [0.25, 0.3) is 0 Å². The first-order valence-corrected chi connectivity index (χ1v) is 10.3. The van der Waals surface area contributed by atoms with Crippen LogP contribution in [0.2, 0.25) is 0 Å². The van der Waals surface area contributed by atoms with E-state index in [9.17, 15) is 23.4 Å². The summed E-state index contributed by atoms with van der Waals surface area (Å²) in [4.78, 5) is 6.33. The molecular weight excluding hydrogens is 433 g/mol. The van der Waals surface area contributed by atoms with Crippen molar-refractivity contribution in [1.82, 2.24) is 15.2 Å². The summed E-state index contributed by atoms with van der Waals surface area (Å²) < 4.78 is 39.0. The summed E-state index contributed by atoms with van der Waals surface area (Å²) in [6.45, 7) is 0.818. The van der Waals surface area contributed by atoms with E-state index < -0.39 is 23.1 Å². The van der Waals surface area contributed by atoms with Crippen molar-refractivity contribution >= 4 is 16.7 Å². The van der Waals surface area contributed by atoms with E-state index >= 15 is 0 Å². The molecule has 33 heavy (non-hydrogen) atoms. The van der Waals surface area contributed by atoms with Gasteiger partial charge in [0.05, 0.1) is 12.1 Å². The summed E-state index contributed by atoms with van der Waals surface area (Å²) >= 11 is 0. The van der Waals surface area contributed by atoms with Gasteiger partial charge in [-0.2, -0.15) is 13.2 Å². The van der Waals surface area contributed by atoms with Crippen LogP contribution in [-0.4, -0.2) is 38.5 Å². The molecule has 0 bridgehead atoms. The van der Waals surface area contributed by atoms with E-state index in [1.807, 2.05) is 35.2 Å². The molecular formula is C24H19F3N4O2. The SMILES string of the molecule is Oc1cc(C(F)(F)F)ccc1-c1nnc(N2CCC(O)(c3ccccc3)C2)c2ncccc12. The fraction of sp³-hybridized carbons (Fsp3) is 0.208. The van der Waals surface area contributed by atoms with Gasteiger partial charge in [-0.15, -0.1) is 10.2 Å². The number of hydrogen-bond donors (Lipinski definition) is 2. The van der Waals surface area contributed by atoms with Gasteiger partial charge in [0.1, 0.15) is 22.6 Å². The van der Waals surface area contributed by atoms with Gasteiger partial charge < -0.3 is 15.1 Å². The zero-order valence-corrected chi connectivity index (χ0v) is 17.3. The summed E-state index contributed by atoms with van der Waals surface area (Å²) in [6.07, 6.45) is -2.49. The highest BCUT2D eigenvalue weighted by Crippen LogP contribution is 2.40. The van der Waals surface area contributed by atoms with Gasteiger partial charge >= 0.3 is 6.18 Å². The van der Waals surface area contributed by atoms with E-state index in [1.165, 1.54) is 6.07 Å². The molecule has 0 spiro atoms. The zero-order valence-electron chi connectivity index (χ0n) is 17.3. The summed E-state index contributed by atoms with van der Waals surface area (Å²) in [5, 5.41) is 30.6. The van der Waals surface area contributed by atoms with Crippen LogP contribution in [0.3, 0.4) is 0 Å². The number of aromatic nitrogens is 3. The summed E-state index contributed by atoms with van der Waals surface area (Å²) in [6, 6.07) is 15.5. The van der Waals surface area contributed by atoms with Gasteiger partial charge in [-0.05, 0) is 42.3 Å². The number of anilines is 1. The van der Waals surface area contributed by atoms with Crippen molar-refractivity contribution in [3.8, 4) is 17.0 Å². The number of benzene rings is 2. The molecule has 1 unspecified atom stereocenters. The van der Waals surface area contributed by atoms with Crippen molar-refractivity contribution in [1.29, 1.82) is 0 Å². The predicted octanol–water partition coefficient (Wildman–Crippen LogP) is 4.51. The molecule has 0 radical (unpaired) electrons. The number of rotatable bonds is 3. The number of aliphatic hydroxyl groups is 1. The molecule has 0 aliphatic carbocycles. The Morgan fingerprint density at radius 2 is 1.76 bits per heavy atom. The molecule has 2 aromatic heterocycles. The van der Waals surface area contributed by atoms with Crippen LogP contribution in [0.15, 0.2) is 66.9 Å². The lowest BCUT2D eigenvalue weighted by Gasteiger charge is -2.24. The number of pyridine rings is 1. The first kappa shape index (κ1) is 21.1. The second-order valence-electron chi connectivity index (χ2n) is 8.07. The predicted molar refractivity (Wildman–Crippen MR) is 117 cm³/mol. The first-order chi connectivity index (χ1) is 15.8. The van der Waals surface area contributed by atoms with Crippen molar-refractivity contribution in [2.75, 3.05) is 18.0 Å². The lowest BCUT2D eigenvalue weighted by molar-refractivity contribution is -0.137. The number of alkyl halides is 3. The van der Waals surface area contributed by atoms with Crippen molar-refractivity contribution in [3.63, 3.8) is 0 Å². The second kappa shape index (κ2) is 7.70. The molecule has 5 rings (SSSR count). The summed E-state index contributed by atoms with van der Waals surface area (Å²) in [7, 11) is 0. The quantitative estimate of drug-likeness (QED) is 0.476. The molecule has 6 nitrogen and oxygen atoms in total. The van der Waals surface area contributed by atoms with Crippen LogP contribution in [-0.2, 0) is 11.8 Å². The van der Waals surface area contributed by atoms with Crippen molar-refractivity contribution in [2.45, 2.75) is 18.2 Å². The number of phenols is 1. The smallest absolute Gasteiger partial charge is 0.416 e. The maximum absolute atomic E-state index is 13.0. The minimum atomic E-state index is -4.57. The van der Waals surface area contributed by atoms with Gasteiger partial charge in [0, 0.05) is 23.7 Å². The Balaban J connectivity index is 1.55. The van der Waals surface area contributed by atoms with E-state index in [2.05, 4.69) is 15.2 Å². The maximum atomic E-state index is 13.0. The number of halogens is 3. The van der Waals surface area contributed by atoms with Gasteiger partial charge in [-0.1, -0.05) is 30.3 Å². The van der Waals surface area contributed by atoms with Crippen molar-refractivity contribution in [2.24, 2.45) is 0 Å². The minimum absolute atomic E-state index is 0.127. The van der Waals surface area contributed by atoms with Crippen LogP contribution in [0.4, 0.5) is 19.0 Å². The zero-order chi connectivity index (χ0) is 23.2. The van der Waals surface area contributed by atoms with Crippen LogP contribution < -0.4 is 4.90 Å². The normalized spacial score (nSPS) is 18.7. The second-order valence-corrected chi connectivity index (χ2v) is 8.07. The monoisotopic (exact) mass is 452 g/mol. The lowest BCUT2D eigenvalue weighted by atomic mass is 9.93. The fourth-order valence-corrected chi connectivity index (χ4v) is 4.25. The van der Waals surface area contributed by atoms with Gasteiger partial charge in [0.15, 0.2) is 5.82 Å². The number of aromatic hydroxyl groups is 1. The molecule has 2 aromatic carbocycles. The van der Waals surface area contributed by atoms with Crippen molar-refractivity contribution < 1.29 is 23.4 Å². The van der Waals surface area contributed by atoms with Crippen LogP contribution >= 0.6 is 0 Å². The molecule has 168 valence electrons. The van der Waals surface area contributed by atoms with E-state index in [4.69, 9.17) is 0 Å². The Kier molecular flexibility index (Phi) is 4.93. The fourth-order valence-electron chi connectivity index (χ4n) is 4.25. The van der Waals surface area contributed by atoms with E-state index in [0.29, 0.717) is 42.3 Å². The molecule has 1 fully saturated rings. The Hall–Kier alpha value is -3.72.